The molecule has 0 spiro atoms. The maximum absolute atomic E-state index is 13.1. The van der Waals surface area contributed by atoms with Crippen LogP contribution in [-0.4, -0.2) is 53.0 Å². The second-order valence-electron chi connectivity index (χ2n) is 9.18. The van der Waals surface area contributed by atoms with Crippen LogP contribution < -0.4 is 5.32 Å². The molecule has 1 aliphatic rings. The van der Waals surface area contributed by atoms with Crippen LogP contribution in [0.2, 0.25) is 0 Å². The van der Waals surface area contributed by atoms with Gasteiger partial charge in [0.15, 0.2) is 0 Å². The van der Waals surface area contributed by atoms with Crippen LogP contribution in [0.1, 0.15) is 68.9 Å². The summed E-state index contributed by atoms with van der Waals surface area (Å²) in [6, 6.07) is -0.0370. The quantitative estimate of drug-likeness (QED) is 0.253. The Balaban J connectivity index is 1.65. The second kappa shape index (κ2) is 12.5. The van der Waals surface area contributed by atoms with E-state index < -0.39 is 22.1 Å². The fourth-order valence-electron chi connectivity index (χ4n) is 4.00. The molecule has 0 aliphatic carbocycles. The summed E-state index contributed by atoms with van der Waals surface area (Å²) in [6.07, 6.45) is 6.75. The first kappa shape index (κ1) is 29.2. The molecule has 3 heterocycles. The number of aromatic nitrogens is 3. The Labute approximate surface area is 221 Å². The van der Waals surface area contributed by atoms with Gasteiger partial charge in [-0.25, -0.2) is 23.4 Å². The lowest BCUT2D eigenvalue weighted by Gasteiger charge is -2.32. The maximum atomic E-state index is 13.1. The number of nitrogens with one attached hydrogen (secondary N) is 1. The zero-order valence-electron chi connectivity index (χ0n) is 21.4. The predicted molar refractivity (Wildman–Crippen MR) is 142 cm³/mol. The Bertz CT molecular complexity index is 1200. The molecule has 0 saturated carbocycles. The Morgan fingerprint density at radius 1 is 1.27 bits per heavy atom. The molecule has 3 rings (SSSR count). The molecule has 1 saturated heterocycles. The summed E-state index contributed by atoms with van der Waals surface area (Å²) in [7, 11) is -3.59. The molecule has 1 aliphatic heterocycles. The van der Waals surface area contributed by atoms with Gasteiger partial charge in [0, 0.05) is 31.5 Å². The summed E-state index contributed by atoms with van der Waals surface area (Å²) in [6.45, 7) is 9.39. The molecule has 2 aromatic rings. The van der Waals surface area contributed by atoms with E-state index in [0.717, 1.165) is 43.1 Å². The van der Waals surface area contributed by atoms with Crippen LogP contribution in [0.5, 0.6) is 0 Å². The number of hydrogen-bond acceptors (Lipinski definition) is 7. The van der Waals surface area contributed by atoms with E-state index in [0.29, 0.717) is 48.9 Å². The van der Waals surface area contributed by atoms with E-state index in [9.17, 15) is 21.6 Å². The number of halogens is 3. The summed E-state index contributed by atoms with van der Waals surface area (Å²) >= 11 is 0.970. The van der Waals surface area contributed by atoms with Gasteiger partial charge in [0.05, 0.1) is 15.5 Å². The lowest BCUT2D eigenvalue weighted by atomic mass is 10.1. The molecular formula is C25H34F3N5O2S2. The molecule has 1 unspecified atom stereocenters. The van der Waals surface area contributed by atoms with Gasteiger partial charge in [0.2, 0.25) is 16.0 Å². The molecular weight excluding hydrogens is 523 g/mol. The van der Waals surface area contributed by atoms with Crippen LogP contribution in [-0.2, 0) is 10.0 Å². The summed E-state index contributed by atoms with van der Waals surface area (Å²) in [5.41, 5.74) is 1.25. The third kappa shape index (κ3) is 7.38. The fraction of sp³-hybridized carbons (Fsp3) is 0.560. The average molecular weight is 558 g/mol. The third-order valence-corrected chi connectivity index (χ3v) is 9.53. The van der Waals surface area contributed by atoms with Gasteiger partial charge >= 0.3 is 6.18 Å². The minimum Gasteiger partial charge on any atom is -0.351 e. The van der Waals surface area contributed by atoms with Crippen molar-refractivity contribution in [3.63, 3.8) is 0 Å². The van der Waals surface area contributed by atoms with Crippen LogP contribution >= 0.6 is 11.3 Å². The minimum atomic E-state index is -4.36. The van der Waals surface area contributed by atoms with Gasteiger partial charge in [-0.1, -0.05) is 32.4 Å². The summed E-state index contributed by atoms with van der Waals surface area (Å²) in [5, 5.41) is 3.25. The molecule has 12 heteroatoms. The Morgan fingerprint density at radius 2 is 1.97 bits per heavy atom. The van der Waals surface area contributed by atoms with Gasteiger partial charge in [-0.3, -0.25) is 0 Å². The number of alkyl halides is 3. The lowest BCUT2D eigenvalue weighted by molar-refractivity contribution is -0.146. The lowest BCUT2D eigenvalue weighted by Crippen LogP contribution is -2.42. The second-order valence-corrected chi connectivity index (χ2v) is 12.2. The van der Waals surface area contributed by atoms with Crippen LogP contribution in [0.4, 0.5) is 19.1 Å². The molecule has 1 fully saturated rings. The maximum Gasteiger partial charge on any atom is 0.397 e. The summed E-state index contributed by atoms with van der Waals surface area (Å²) in [4.78, 5) is 13.6. The third-order valence-electron chi connectivity index (χ3n) is 6.37. The Kier molecular flexibility index (Phi) is 9.87. The van der Waals surface area contributed by atoms with Crippen molar-refractivity contribution in [3.05, 3.63) is 46.6 Å². The van der Waals surface area contributed by atoms with Crippen molar-refractivity contribution in [1.29, 1.82) is 0 Å². The highest BCUT2D eigenvalue weighted by Gasteiger charge is 2.39. The van der Waals surface area contributed by atoms with Crippen LogP contribution in [0.3, 0.4) is 0 Å². The minimum absolute atomic E-state index is 0.0121. The molecule has 0 radical (unpaired) electrons. The Hall–Kier alpha value is -2.31. The Morgan fingerprint density at radius 3 is 2.59 bits per heavy atom. The van der Waals surface area contributed by atoms with Crippen molar-refractivity contribution >= 4 is 27.3 Å². The molecule has 0 bridgehead atoms. The van der Waals surface area contributed by atoms with Crippen molar-refractivity contribution in [3.8, 4) is 10.6 Å². The van der Waals surface area contributed by atoms with Gasteiger partial charge in [0.25, 0.3) is 0 Å². The first-order chi connectivity index (χ1) is 17.5. The monoisotopic (exact) mass is 557 g/mol. The first-order valence-electron chi connectivity index (χ1n) is 12.4. The van der Waals surface area contributed by atoms with Crippen molar-refractivity contribution in [2.24, 2.45) is 0 Å². The number of allylic oxidation sites excluding steroid dienone is 2. The number of rotatable bonds is 11. The van der Waals surface area contributed by atoms with E-state index in [4.69, 9.17) is 0 Å². The highest BCUT2D eigenvalue weighted by atomic mass is 32.2. The molecule has 204 valence electrons. The zero-order chi connectivity index (χ0) is 27.2. The van der Waals surface area contributed by atoms with Crippen molar-refractivity contribution in [2.75, 3.05) is 18.4 Å². The number of aryl methyl sites for hydroxylation is 1. The average Bonchev–Trinajstić information content (AvgIpc) is 3.34. The number of nitrogens with zero attached hydrogens (tertiary/aromatic N) is 4. The van der Waals surface area contributed by atoms with Crippen LogP contribution in [0.15, 0.2) is 36.0 Å². The van der Waals surface area contributed by atoms with Gasteiger partial charge < -0.3 is 5.32 Å². The molecule has 7 nitrogen and oxygen atoms in total. The first-order valence-corrected chi connectivity index (χ1v) is 14.7. The van der Waals surface area contributed by atoms with Gasteiger partial charge in [-0.05, 0) is 51.2 Å². The number of thiazole rings is 1. The van der Waals surface area contributed by atoms with E-state index in [1.54, 1.807) is 19.2 Å². The summed E-state index contributed by atoms with van der Waals surface area (Å²) in [5.74, 6) is -1.30. The highest BCUT2D eigenvalue weighted by Crippen LogP contribution is 2.38. The van der Waals surface area contributed by atoms with Gasteiger partial charge in [-0.2, -0.15) is 17.5 Å². The van der Waals surface area contributed by atoms with E-state index in [1.165, 1.54) is 16.6 Å². The smallest absolute Gasteiger partial charge is 0.351 e. The molecule has 1 atom stereocenters. The standard InChI is InChI=1S/C25H34F3N5O2S2/c1-5-7-8-9-10-20(6-2)37(34,35)33-13-11-19(12-14-33)31-24-30-15-17(3)22(32-24)21-16-29-23(36-21)18(4)25(26,27)28/h6,10,15-16,18-19H,2,5,7-9,11-14H2,1,3-4H3,(H,30,31,32)/b20-10+. The normalized spacial score (nSPS) is 17.1. The van der Waals surface area contributed by atoms with E-state index in [1.807, 2.05) is 0 Å². The van der Waals surface area contributed by atoms with Crippen molar-refractivity contribution < 1.29 is 21.6 Å². The number of piperidine rings is 1. The number of unbranched alkanes of at least 4 members (excludes halogenated alkanes) is 3. The van der Waals surface area contributed by atoms with Crippen molar-refractivity contribution in [2.45, 2.75) is 77.4 Å². The zero-order valence-corrected chi connectivity index (χ0v) is 23.0. The van der Waals surface area contributed by atoms with E-state index >= 15 is 0 Å². The molecule has 0 amide bonds. The number of anilines is 1. The van der Waals surface area contributed by atoms with Crippen molar-refractivity contribution in [1.82, 2.24) is 19.3 Å². The fourth-order valence-corrected chi connectivity index (χ4v) is 6.58. The van der Waals surface area contributed by atoms with E-state index in [2.05, 4.69) is 33.8 Å². The summed E-state index contributed by atoms with van der Waals surface area (Å²) < 4.78 is 66.9. The van der Waals surface area contributed by atoms with Crippen LogP contribution in [0, 0.1) is 6.92 Å². The molecule has 0 aromatic carbocycles. The SMILES string of the molecule is C=C/C(=C\CCCCC)S(=O)(=O)N1CCC(Nc2ncc(C)c(-c3cnc(C(C)C(F)(F)F)s3)n2)CC1. The van der Waals surface area contributed by atoms with Crippen LogP contribution in [0.25, 0.3) is 10.6 Å². The molecule has 2 aromatic heterocycles. The molecule has 37 heavy (non-hydrogen) atoms. The topological polar surface area (TPSA) is 88.1 Å². The predicted octanol–water partition coefficient (Wildman–Crippen LogP) is 6.43. The highest BCUT2D eigenvalue weighted by molar-refractivity contribution is 7.93. The number of sulfonamides is 1. The number of hydrogen-bond donors (Lipinski definition) is 1. The van der Waals surface area contributed by atoms with Gasteiger partial charge in [-0.15, -0.1) is 11.3 Å². The van der Waals surface area contributed by atoms with Gasteiger partial charge in [0.1, 0.15) is 10.9 Å². The largest absolute Gasteiger partial charge is 0.397 e. The molecule has 1 N–H and O–H groups in total. The van der Waals surface area contributed by atoms with E-state index in [-0.39, 0.29) is 16.0 Å².